The summed E-state index contributed by atoms with van der Waals surface area (Å²) in [5, 5.41) is 1.21. The molecule has 0 saturated carbocycles. The quantitative estimate of drug-likeness (QED) is 0.124. The van der Waals surface area contributed by atoms with Crippen molar-refractivity contribution in [3.63, 3.8) is 0 Å². The standard InChI is InChI=1S/C59H45N/c1-6-17-43(18-7-1)29-31-58(47-25-14-5-15-26-47)49-27-16-28-57(42-49)60-34-33-50-35-48(30-32-59(50)60)54-37-53(46-23-12-4-13-24-46)40-56(41-54)55-38-51(44-19-8-2-9-20-44)36-52(39-55)45-21-10-3-11-22-45/h1-28,30,32-42,58H,29,31H2. The molecule has 10 aromatic rings. The van der Waals surface area contributed by atoms with Crippen LogP contribution in [-0.2, 0) is 6.42 Å². The molecule has 1 heteroatoms. The van der Waals surface area contributed by atoms with Crippen molar-refractivity contribution < 1.29 is 0 Å². The maximum atomic E-state index is 2.39. The molecule has 1 atom stereocenters. The molecule has 9 aromatic carbocycles. The lowest BCUT2D eigenvalue weighted by molar-refractivity contribution is 0.714. The second-order valence-electron chi connectivity index (χ2n) is 15.7. The van der Waals surface area contributed by atoms with Crippen molar-refractivity contribution in [1.82, 2.24) is 4.57 Å². The van der Waals surface area contributed by atoms with E-state index in [9.17, 15) is 0 Å². The first-order valence-electron chi connectivity index (χ1n) is 21.0. The molecule has 286 valence electrons. The average molecular weight is 768 g/mol. The fraction of sp³-hybridized carbons (Fsp3) is 0.0508. The van der Waals surface area contributed by atoms with Crippen molar-refractivity contribution in [2.45, 2.75) is 18.8 Å². The first-order valence-corrected chi connectivity index (χ1v) is 21.0. The van der Waals surface area contributed by atoms with Crippen LogP contribution in [0.1, 0.15) is 29.0 Å². The fourth-order valence-corrected chi connectivity index (χ4v) is 8.75. The third kappa shape index (κ3) is 7.86. The smallest absolute Gasteiger partial charge is 0.0528 e. The van der Waals surface area contributed by atoms with Gasteiger partial charge in [-0.1, -0.05) is 170 Å². The minimum absolute atomic E-state index is 0.294. The molecule has 0 saturated heterocycles. The highest BCUT2D eigenvalue weighted by Gasteiger charge is 2.17. The number of hydrogen-bond acceptors (Lipinski definition) is 0. The number of hydrogen-bond donors (Lipinski definition) is 0. The molecule has 0 amide bonds. The van der Waals surface area contributed by atoms with Gasteiger partial charge in [-0.15, -0.1) is 0 Å². The number of rotatable bonds is 11. The summed E-state index contributed by atoms with van der Waals surface area (Å²) in [6.07, 6.45) is 4.29. The van der Waals surface area contributed by atoms with Crippen LogP contribution in [0.3, 0.4) is 0 Å². The van der Waals surface area contributed by atoms with E-state index in [2.05, 4.69) is 247 Å². The first kappa shape index (κ1) is 36.8. The van der Waals surface area contributed by atoms with Crippen LogP contribution in [0.15, 0.2) is 243 Å². The highest BCUT2D eigenvalue weighted by atomic mass is 15.0. The van der Waals surface area contributed by atoms with Gasteiger partial charge >= 0.3 is 0 Å². The van der Waals surface area contributed by atoms with Crippen LogP contribution in [0.4, 0.5) is 0 Å². The maximum Gasteiger partial charge on any atom is 0.0528 e. The molecule has 0 spiro atoms. The molecule has 0 aliphatic heterocycles. The summed E-state index contributed by atoms with van der Waals surface area (Å²) in [5.41, 5.74) is 18.4. The van der Waals surface area contributed by atoms with Crippen molar-refractivity contribution in [2.24, 2.45) is 0 Å². The molecule has 60 heavy (non-hydrogen) atoms. The molecule has 1 heterocycles. The number of aromatic nitrogens is 1. The van der Waals surface area contributed by atoms with E-state index < -0.39 is 0 Å². The Morgan fingerprint density at radius 3 is 1.30 bits per heavy atom. The van der Waals surface area contributed by atoms with E-state index in [1.807, 2.05) is 0 Å². The van der Waals surface area contributed by atoms with Crippen molar-refractivity contribution in [1.29, 1.82) is 0 Å². The first-order chi connectivity index (χ1) is 29.7. The van der Waals surface area contributed by atoms with Crippen LogP contribution in [0.2, 0.25) is 0 Å². The van der Waals surface area contributed by atoms with Gasteiger partial charge in [0.05, 0.1) is 5.52 Å². The molecule has 0 aliphatic carbocycles. The Morgan fingerprint density at radius 2 is 0.767 bits per heavy atom. The van der Waals surface area contributed by atoms with Crippen LogP contribution in [0.25, 0.3) is 72.2 Å². The Balaban J connectivity index is 1.04. The molecular formula is C59H45N. The third-order valence-corrected chi connectivity index (χ3v) is 11.9. The minimum atomic E-state index is 0.294. The Bertz CT molecular complexity index is 2940. The summed E-state index contributed by atoms with van der Waals surface area (Å²) in [6, 6.07) is 86.4. The summed E-state index contributed by atoms with van der Waals surface area (Å²) in [6.45, 7) is 0. The zero-order valence-corrected chi connectivity index (χ0v) is 33.5. The van der Waals surface area contributed by atoms with E-state index in [-0.39, 0.29) is 0 Å². The molecule has 0 aliphatic rings. The van der Waals surface area contributed by atoms with E-state index in [1.54, 1.807) is 0 Å². The van der Waals surface area contributed by atoms with Crippen LogP contribution in [0, 0.1) is 0 Å². The number of benzene rings is 9. The molecule has 0 fully saturated rings. The Hall–Kier alpha value is -7.48. The predicted octanol–water partition coefficient (Wildman–Crippen LogP) is 15.7. The van der Waals surface area contributed by atoms with Gasteiger partial charge in [0.1, 0.15) is 0 Å². The zero-order chi connectivity index (χ0) is 40.1. The van der Waals surface area contributed by atoms with E-state index in [0.717, 1.165) is 12.8 Å². The topological polar surface area (TPSA) is 4.93 Å². The summed E-state index contributed by atoms with van der Waals surface area (Å²) >= 11 is 0. The van der Waals surface area contributed by atoms with Gasteiger partial charge in [-0.3, -0.25) is 0 Å². The monoisotopic (exact) mass is 767 g/mol. The van der Waals surface area contributed by atoms with Gasteiger partial charge in [-0.25, -0.2) is 0 Å². The van der Waals surface area contributed by atoms with Gasteiger partial charge < -0.3 is 4.57 Å². The third-order valence-electron chi connectivity index (χ3n) is 11.9. The van der Waals surface area contributed by atoms with Gasteiger partial charge in [0.15, 0.2) is 0 Å². The molecular weight excluding hydrogens is 723 g/mol. The van der Waals surface area contributed by atoms with Gasteiger partial charge in [0.2, 0.25) is 0 Å². The lowest BCUT2D eigenvalue weighted by atomic mass is 9.86. The Kier molecular flexibility index (Phi) is 10.3. The lowest BCUT2D eigenvalue weighted by Crippen LogP contribution is -2.04. The van der Waals surface area contributed by atoms with E-state index >= 15 is 0 Å². The largest absolute Gasteiger partial charge is 0.317 e. The van der Waals surface area contributed by atoms with Crippen molar-refractivity contribution in [2.75, 3.05) is 0 Å². The molecule has 0 radical (unpaired) electrons. The van der Waals surface area contributed by atoms with Crippen molar-refractivity contribution in [3.8, 4) is 61.3 Å². The van der Waals surface area contributed by atoms with Crippen molar-refractivity contribution in [3.05, 3.63) is 259 Å². The second-order valence-corrected chi connectivity index (χ2v) is 15.7. The van der Waals surface area contributed by atoms with E-state index in [1.165, 1.54) is 88.9 Å². The molecule has 0 bridgehead atoms. The van der Waals surface area contributed by atoms with Gasteiger partial charge in [-0.2, -0.15) is 0 Å². The van der Waals surface area contributed by atoms with Crippen LogP contribution in [-0.4, -0.2) is 4.57 Å². The van der Waals surface area contributed by atoms with Crippen LogP contribution in [0.5, 0.6) is 0 Å². The maximum absolute atomic E-state index is 2.39. The highest BCUT2D eigenvalue weighted by Crippen LogP contribution is 2.39. The van der Waals surface area contributed by atoms with Gasteiger partial charge in [0.25, 0.3) is 0 Å². The second kappa shape index (κ2) is 16.8. The summed E-state index contributed by atoms with van der Waals surface area (Å²) < 4.78 is 2.34. The summed E-state index contributed by atoms with van der Waals surface area (Å²) in [7, 11) is 0. The molecule has 0 N–H and O–H groups in total. The minimum Gasteiger partial charge on any atom is -0.317 e. The zero-order valence-electron chi connectivity index (χ0n) is 33.5. The molecule has 1 aromatic heterocycles. The Morgan fingerprint density at radius 1 is 0.317 bits per heavy atom. The normalized spacial score (nSPS) is 11.7. The lowest BCUT2D eigenvalue weighted by Gasteiger charge is -2.20. The fourth-order valence-electron chi connectivity index (χ4n) is 8.75. The van der Waals surface area contributed by atoms with Gasteiger partial charge in [-0.05, 0) is 152 Å². The van der Waals surface area contributed by atoms with Crippen molar-refractivity contribution >= 4 is 10.9 Å². The number of aryl methyl sites for hydroxylation is 1. The molecule has 1 nitrogen and oxygen atoms in total. The average Bonchev–Trinajstić information content (AvgIpc) is 3.77. The van der Waals surface area contributed by atoms with Crippen LogP contribution < -0.4 is 0 Å². The Labute approximate surface area is 353 Å². The number of fused-ring (bicyclic) bond motifs is 1. The predicted molar refractivity (Wildman–Crippen MR) is 254 cm³/mol. The van der Waals surface area contributed by atoms with E-state index in [0.29, 0.717) is 5.92 Å². The van der Waals surface area contributed by atoms with Crippen LogP contribution >= 0.6 is 0 Å². The van der Waals surface area contributed by atoms with E-state index in [4.69, 9.17) is 0 Å². The van der Waals surface area contributed by atoms with Gasteiger partial charge in [0, 0.05) is 23.2 Å². The number of nitrogens with zero attached hydrogens (tertiary/aromatic N) is 1. The molecule has 1 unspecified atom stereocenters. The highest BCUT2D eigenvalue weighted by molar-refractivity contribution is 5.90. The SMILES string of the molecule is c1ccc(CCC(c2ccccc2)c2cccc(-n3ccc4cc(-c5cc(-c6ccccc6)cc(-c6cc(-c7ccccc7)cc(-c7ccccc7)c6)c5)ccc43)c2)cc1. The summed E-state index contributed by atoms with van der Waals surface area (Å²) in [5.74, 6) is 0.294. The summed E-state index contributed by atoms with van der Waals surface area (Å²) in [4.78, 5) is 0. The molecule has 10 rings (SSSR count).